The normalized spacial score (nSPS) is 24.3. The molecule has 0 radical (unpaired) electrons. The maximum Gasteiger partial charge on any atom is 0.387 e. The minimum Gasteiger partial charge on any atom is -0.433 e. The molecular weight excluding hydrogens is 475 g/mol. The maximum atomic E-state index is 14.9. The Labute approximate surface area is 195 Å². The number of likely N-dealkylation sites (tertiary alicyclic amines) is 1. The molecule has 34 heavy (non-hydrogen) atoms. The molecule has 2 aromatic rings. The summed E-state index contributed by atoms with van der Waals surface area (Å²) in [6.45, 7) is -0.784. The van der Waals surface area contributed by atoms with Crippen LogP contribution in [-0.4, -0.2) is 68.0 Å². The molecular formula is C21H24F3N5O4S. The van der Waals surface area contributed by atoms with Crippen molar-refractivity contribution < 1.29 is 31.8 Å². The minimum atomic E-state index is -3.26. The van der Waals surface area contributed by atoms with Crippen molar-refractivity contribution in [3.05, 3.63) is 53.6 Å². The summed E-state index contributed by atoms with van der Waals surface area (Å²) in [4.78, 5) is 22.7. The number of pyridine rings is 1. The number of alkyl halides is 2. The van der Waals surface area contributed by atoms with E-state index < -0.39 is 39.2 Å². The summed E-state index contributed by atoms with van der Waals surface area (Å²) in [5, 5.41) is 2.56. The molecule has 9 nitrogen and oxygen atoms in total. The van der Waals surface area contributed by atoms with Gasteiger partial charge in [-0.25, -0.2) is 9.37 Å². The lowest BCUT2D eigenvalue weighted by atomic mass is 9.91. The number of amidine groups is 1. The third-order valence-electron chi connectivity index (χ3n) is 5.99. The number of aliphatic imine (C=N–C) groups is 1. The molecule has 1 fully saturated rings. The third-order valence-corrected chi connectivity index (χ3v) is 8.67. The van der Waals surface area contributed by atoms with E-state index in [2.05, 4.69) is 20.0 Å². The third kappa shape index (κ3) is 4.19. The molecule has 0 saturated carbocycles. The number of nitrogens with zero attached hydrogens (tertiary/aromatic N) is 3. The molecule has 3 heterocycles. The van der Waals surface area contributed by atoms with Gasteiger partial charge in [-0.15, -0.1) is 0 Å². The summed E-state index contributed by atoms with van der Waals surface area (Å²) < 4.78 is 64.5. The van der Waals surface area contributed by atoms with Crippen LogP contribution in [0.5, 0.6) is 5.75 Å². The predicted octanol–water partition coefficient (Wildman–Crippen LogP) is 3.10. The summed E-state index contributed by atoms with van der Waals surface area (Å²) in [6, 6.07) is 6.17. The predicted molar refractivity (Wildman–Crippen MR) is 122 cm³/mol. The van der Waals surface area contributed by atoms with Gasteiger partial charge < -0.3 is 20.7 Å². The molecule has 0 aliphatic carbocycles. The number of benzene rings is 1. The molecule has 1 atom stereocenters. The molecule has 1 saturated heterocycles. The summed E-state index contributed by atoms with van der Waals surface area (Å²) in [5.41, 5.74) is 4.96. The lowest BCUT2D eigenvalue weighted by Gasteiger charge is -2.62. The molecule has 5 N–H and O–H groups in total. The van der Waals surface area contributed by atoms with Crippen LogP contribution in [0, 0.1) is 5.82 Å². The first-order valence-electron chi connectivity index (χ1n) is 10.2. The van der Waals surface area contributed by atoms with Crippen LogP contribution >= 0.6 is 10.6 Å². The number of aromatic nitrogens is 1. The highest BCUT2D eigenvalue weighted by atomic mass is 32.3. The van der Waals surface area contributed by atoms with Gasteiger partial charge in [-0.05, 0) is 44.3 Å². The lowest BCUT2D eigenvalue weighted by Crippen LogP contribution is -2.71. The standard InChI is InChI=1S/C21H24F3N5O4S/c1-20(11-34(31,32)21(18(25)28-20)9-29(2)10-21)14-7-12(3-5-15(14)22)27-17(30)16-6-4-13(8-26-16)33-19(23)24/h3-8,19,31-32H,9-11H2,1-2H3,(H2,25,28)(H,27,30)/t20-/m0/s1. The highest BCUT2D eigenvalue weighted by Gasteiger charge is 2.59. The SMILES string of the molecule is CN1CC2(C1)C(N)=N[C@](C)(c1cc(NC(=O)c3ccc(OC(F)F)cn3)ccc1F)CS2(O)O. The number of carbonyl (C=O) groups excluding carboxylic acids is 1. The average molecular weight is 500 g/mol. The quantitative estimate of drug-likeness (QED) is 0.497. The van der Waals surface area contributed by atoms with Crippen LogP contribution in [0.3, 0.4) is 0 Å². The summed E-state index contributed by atoms with van der Waals surface area (Å²) in [7, 11) is -1.44. The number of ether oxygens (including phenoxy) is 1. The van der Waals surface area contributed by atoms with E-state index in [4.69, 9.17) is 5.73 Å². The monoisotopic (exact) mass is 499 g/mol. The van der Waals surface area contributed by atoms with Crippen LogP contribution in [0.4, 0.5) is 18.9 Å². The van der Waals surface area contributed by atoms with E-state index in [0.29, 0.717) is 13.1 Å². The van der Waals surface area contributed by atoms with Crippen LogP contribution < -0.4 is 15.8 Å². The van der Waals surface area contributed by atoms with Crippen LogP contribution in [0.15, 0.2) is 41.5 Å². The van der Waals surface area contributed by atoms with Crippen LogP contribution in [-0.2, 0) is 5.54 Å². The maximum absolute atomic E-state index is 14.9. The molecule has 4 rings (SSSR count). The summed E-state index contributed by atoms with van der Waals surface area (Å²) in [6.07, 6.45) is 0.982. The molecule has 1 spiro atoms. The molecule has 0 bridgehead atoms. The zero-order chi connectivity index (χ0) is 24.9. The van der Waals surface area contributed by atoms with Gasteiger partial charge in [0.2, 0.25) is 0 Å². The van der Waals surface area contributed by atoms with E-state index in [-0.39, 0.29) is 34.3 Å². The van der Waals surface area contributed by atoms with Crippen molar-refractivity contribution in [1.29, 1.82) is 0 Å². The van der Waals surface area contributed by atoms with Crippen molar-refractivity contribution in [3.8, 4) is 5.75 Å². The zero-order valence-electron chi connectivity index (χ0n) is 18.3. The van der Waals surface area contributed by atoms with E-state index in [1.165, 1.54) is 24.3 Å². The fourth-order valence-corrected chi connectivity index (χ4v) is 6.84. The number of nitrogens with two attached hydrogens (primary N) is 1. The minimum absolute atomic E-state index is 0.0318. The number of hydrogen-bond acceptors (Lipinski definition) is 8. The first-order valence-corrected chi connectivity index (χ1v) is 11.9. The largest absolute Gasteiger partial charge is 0.433 e. The van der Waals surface area contributed by atoms with Gasteiger partial charge in [-0.2, -0.15) is 19.4 Å². The molecule has 0 unspecified atom stereocenters. The van der Waals surface area contributed by atoms with Crippen molar-refractivity contribution in [2.45, 2.75) is 23.8 Å². The van der Waals surface area contributed by atoms with Gasteiger partial charge >= 0.3 is 6.61 Å². The van der Waals surface area contributed by atoms with E-state index >= 15 is 0 Å². The van der Waals surface area contributed by atoms with Gasteiger partial charge in [-0.3, -0.25) is 18.9 Å². The topological polar surface area (TPSA) is 133 Å². The summed E-state index contributed by atoms with van der Waals surface area (Å²) >= 11 is 0. The second-order valence-corrected chi connectivity index (χ2v) is 11.1. The fraction of sp³-hybridized carbons (Fsp3) is 0.381. The first-order chi connectivity index (χ1) is 15.8. The van der Waals surface area contributed by atoms with E-state index in [9.17, 15) is 27.1 Å². The first kappa shape index (κ1) is 24.3. The second kappa shape index (κ2) is 8.41. The molecule has 1 aromatic carbocycles. The van der Waals surface area contributed by atoms with Crippen LogP contribution in [0.25, 0.3) is 0 Å². The Morgan fingerprint density at radius 2 is 2.00 bits per heavy atom. The Hall–Kier alpha value is -2.87. The van der Waals surface area contributed by atoms with Crippen molar-refractivity contribution in [1.82, 2.24) is 9.88 Å². The van der Waals surface area contributed by atoms with Gasteiger partial charge in [0.05, 0.1) is 11.9 Å². The Morgan fingerprint density at radius 1 is 1.29 bits per heavy atom. The second-order valence-electron chi connectivity index (χ2n) is 8.65. The number of carbonyl (C=O) groups is 1. The van der Waals surface area contributed by atoms with Crippen LogP contribution in [0.1, 0.15) is 23.0 Å². The van der Waals surface area contributed by atoms with Gasteiger partial charge in [0.1, 0.15) is 33.4 Å². The molecule has 1 amide bonds. The van der Waals surface area contributed by atoms with Gasteiger partial charge in [0, 0.05) is 24.3 Å². The Bertz CT molecular complexity index is 1140. The van der Waals surface area contributed by atoms with Crippen molar-refractivity contribution in [2.24, 2.45) is 10.7 Å². The highest BCUT2D eigenvalue weighted by Crippen LogP contribution is 2.62. The van der Waals surface area contributed by atoms with Gasteiger partial charge in [0.15, 0.2) is 0 Å². The number of hydrogen-bond donors (Lipinski definition) is 4. The van der Waals surface area contributed by atoms with Gasteiger partial charge in [0.25, 0.3) is 5.91 Å². The number of anilines is 1. The highest BCUT2D eigenvalue weighted by molar-refractivity contribution is 8.26. The van der Waals surface area contributed by atoms with E-state index in [1.807, 2.05) is 11.9 Å². The number of amides is 1. The molecule has 1 aromatic heterocycles. The van der Waals surface area contributed by atoms with E-state index in [0.717, 1.165) is 12.3 Å². The Balaban J connectivity index is 1.59. The van der Waals surface area contributed by atoms with E-state index in [1.54, 1.807) is 6.92 Å². The molecule has 184 valence electrons. The van der Waals surface area contributed by atoms with Gasteiger partial charge in [-0.1, -0.05) is 0 Å². The molecule has 13 heteroatoms. The summed E-state index contributed by atoms with van der Waals surface area (Å²) in [5.74, 6) is -1.69. The lowest BCUT2D eigenvalue weighted by molar-refractivity contribution is -0.0500. The number of halogens is 3. The van der Waals surface area contributed by atoms with Crippen molar-refractivity contribution >= 4 is 28.0 Å². The van der Waals surface area contributed by atoms with Crippen molar-refractivity contribution in [2.75, 3.05) is 31.2 Å². The average Bonchev–Trinajstić information content (AvgIpc) is 2.71. The number of rotatable bonds is 5. The zero-order valence-corrected chi connectivity index (χ0v) is 19.2. The van der Waals surface area contributed by atoms with Crippen molar-refractivity contribution in [3.63, 3.8) is 0 Å². The molecule has 2 aliphatic heterocycles. The smallest absolute Gasteiger partial charge is 0.387 e. The Morgan fingerprint density at radius 3 is 2.56 bits per heavy atom. The van der Waals surface area contributed by atoms with Crippen LogP contribution in [0.2, 0.25) is 0 Å². The fourth-order valence-electron chi connectivity index (χ4n) is 4.33. The Kier molecular flexibility index (Phi) is 6.00. The molecule has 2 aliphatic rings. The number of nitrogens with one attached hydrogen (secondary N) is 1.